The van der Waals surface area contributed by atoms with E-state index in [9.17, 15) is 4.39 Å². The van der Waals surface area contributed by atoms with Crippen LogP contribution in [0, 0.1) is 5.82 Å². The largest absolute Gasteiger partial charge is 0.294 e. The number of fused-ring (bicyclic) bond motifs is 1. The van der Waals surface area contributed by atoms with Gasteiger partial charge in [-0.05, 0) is 36.6 Å². The van der Waals surface area contributed by atoms with Crippen LogP contribution in [0.25, 0.3) is 0 Å². The molecule has 1 aliphatic heterocycles. The summed E-state index contributed by atoms with van der Waals surface area (Å²) < 4.78 is 15.1. The molecular weight excluding hydrogens is 241 g/mol. The van der Waals surface area contributed by atoms with E-state index in [1.807, 2.05) is 16.9 Å². The normalized spacial score (nSPS) is 15.5. The number of nitrogens with zero attached hydrogens (tertiary/aromatic N) is 3. The van der Waals surface area contributed by atoms with Crippen LogP contribution in [0.2, 0.25) is 0 Å². The molecule has 0 bridgehead atoms. The summed E-state index contributed by atoms with van der Waals surface area (Å²) in [6.07, 6.45) is 4.96. The molecule has 100 valence electrons. The number of benzene rings is 1. The van der Waals surface area contributed by atoms with Crippen molar-refractivity contribution in [3.8, 4) is 0 Å². The van der Waals surface area contributed by atoms with Gasteiger partial charge >= 0.3 is 0 Å². The first kappa shape index (κ1) is 12.4. The molecule has 4 heteroatoms. The quantitative estimate of drug-likeness (QED) is 0.845. The minimum absolute atomic E-state index is 0.128. The number of aryl methyl sites for hydroxylation is 1. The smallest absolute Gasteiger partial charge is 0.123 e. The molecule has 2 heterocycles. The van der Waals surface area contributed by atoms with Crippen LogP contribution in [-0.2, 0) is 26.1 Å². The first-order chi connectivity index (χ1) is 9.24. The molecule has 0 fully saturated rings. The molecule has 0 unspecified atom stereocenters. The van der Waals surface area contributed by atoms with E-state index in [4.69, 9.17) is 0 Å². The number of halogens is 1. The van der Waals surface area contributed by atoms with E-state index in [-0.39, 0.29) is 5.82 Å². The molecule has 0 saturated heterocycles. The molecule has 0 atom stereocenters. The SMILES string of the molecule is CCn1cc(CN2CCc3cc(F)ccc3C2)cn1. The van der Waals surface area contributed by atoms with Gasteiger partial charge in [0.2, 0.25) is 0 Å². The van der Waals surface area contributed by atoms with Crippen LogP contribution in [0.4, 0.5) is 4.39 Å². The van der Waals surface area contributed by atoms with Gasteiger partial charge in [0.05, 0.1) is 6.20 Å². The third kappa shape index (κ3) is 2.68. The number of hydrogen-bond donors (Lipinski definition) is 0. The van der Waals surface area contributed by atoms with Crippen LogP contribution in [0.3, 0.4) is 0 Å². The zero-order chi connectivity index (χ0) is 13.2. The zero-order valence-corrected chi connectivity index (χ0v) is 11.1. The summed E-state index contributed by atoms with van der Waals surface area (Å²) in [7, 11) is 0. The van der Waals surface area contributed by atoms with E-state index in [2.05, 4.69) is 23.1 Å². The van der Waals surface area contributed by atoms with E-state index in [1.165, 1.54) is 11.1 Å². The summed E-state index contributed by atoms with van der Waals surface area (Å²) in [5.41, 5.74) is 3.64. The van der Waals surface area contributed by atoms with Gasteiger partial charge in [0.25, 0.3) is 0 Å². The Bertz CT molecular complexity index is 577. The highest BCUT2D eigenvalue weighted by molar-refractivity contribution is 5.30. The lowest BCUT2D eigenvalue weighted by Gasteiger charge is -2.28. The number of hydrogen-bond acceptors (Lipinski definition) is 2. The lowest BCUT2D eigenvalue weighted by molar-refractivity contribution is 0.245. The van der Waals surface area contributed by atoms with Crippen LogP contribution >= 0.6 is 0 Å². The molecule has 0 amide bonds. The van der Waals surface area contributed by atoms with Crippen LogP contribution < -0.4 is 0 Å². The monoisotopic (exact) mass is 259 g/mol. The van der Waals surface area contributed by atoms with Crippen LogP contribution in [0.1, 0.15) is 23.6 Å². The third-order valence-electron chi connectivity index (χ3n) is 3.68. The molecule has 1 aromatic carbocycles. The molecule has 19 heavy (non-hydrogen) atoms. The van der Waals surface area contributed by atoms with Crippen LogP contribution in [0.5, 0.6) is 0 Å². The molecule has 0 spiro atoms. The Labute approximate surface area is 112 Å². The third-order valence-corrected chi connectivity index (χ3v) is 3.68. The lowest BCUT2D eigenvalue weighted by atomic mass is 9.99. The van der Waals surface area contributed by atoms with Gasteiger partial charge in [0.1, 0.15) is 5.82 Å². The maximum atomic E-state index is 13.2. The lowest BCUT2D eigenvalue weighted by Crippen LogP contribution is -2.30. The van der Waals surface area contributed by atoms with Crippen LogP contribution in [-0.4, -0.2) is 21.2 Å². The molecule has 0 aliphatic carbocycles. The molecule has 3 rings (SSSR count). The molecule has 2 aromatic rings. The average molecular weight is 259 g/mol. The van der Waals surface area contributed by atoms with Crippen molar-refractivity contribution in [2.45, 2.75) is 33.0 Å². The van der Waals surface area contributed by atoms with Gasteiger partial charge in [0, 0.05) is 37.9 Å². The Morgan fingerprint density at radius 1 is 1.32 bits per heavy atom. The summed E-state index contributed by atoms with van der Waals surface area (Å²) in [6.45, 7) is 5.78. The second-order valence-corrected chi connectivity index (χ2v) is 5.08. The standard InChI is InChI=1S/C15H18FN3/c1-2-19-10-12(8-17-19)9-18-6-5-13-7-15(16)4-3-14(13)11-18/h3-4,7-8,10H,2,5-6,9,11H2,1H3. The minimum atomic E-state index is -0.128. The summed E-state index contributed by atoms with van der Waals surface area (Å²) in [5.74, 6) is -0.128. The molecule has 0 saturated carbocycles. The molecule has 3 nitrogen and oxygen atoms in total. The first-order valence-electron chi connectivity index (χ1n) is 6.75. The maximum Gasteiger partial charge on any atom is 0.123 e. The molecule has 0 radical (unpaired) electrons. The van der Waals surface area contributed by atoms with E-state index >= 15 is 0 Å². The molecular formula is C15H18FN3. The maximum absolute atomic E-state index is 13.2. The highest BCUT2D eigenvalue weighted by Gasteiger charge is 2.17. The summed E-state index contributed by atoms with van der Waals surface area (Å²) >= 11 is 0. The second kappa shape index (κ2) is 5.13. The van der Waals surface area contributed by atoms with Crippen molar-refractivity contribution in [2.75, 3.05) is 6.54 Å². The van der Waals surface area contributed by atoms with Crippen molar-refractivity contribution in [3.05, 3.63) is 53.1 Å². The van der Waals surface area contributed by atoms with Gasteiger partial charge in [-0.25, -0.2) is 4.39 Å². The van der Waals surface area contributed by atoms with Gasteiger partial charge in [0.15, 0.2) is 0 Å². The van der Waals surface area contributed by atoms with Gasteiger partial charge < -0.3 is 0 Å². The summed E-state index contributed by atoms with van der Waals surface area (Å²) in [4.78, 5) is 2.39. The predicted molar refractivity (Wildman–Crippen MR) is 72.1 cm³/mol. The number of rotatable bonds is 3. The summed E-state index contributed by atoms with van der Waals surface area (Å²) in [5, 5.41) is 4.30. The Kier molecular flexibility index (Phi) is 3.34. The van der Waals surface area contributed by atoms with E-state index in [0.717, 1.165) is 38.2 Å². The topological polar surface area (TPSA) is 21.1 Å². The highest BCUT2D eigenvalue weighted by atomic mass is 19.1. The Morgan fingerprint density at radius 2 is 2.21 bits per heavy atom. The highest BCUT2D eigenvalue weighted by Crippen LogP contribution is 2.21. The molecule has 0 N–H and O–H groups in total. The van der Waals surface area contributed by atoms with E-state index in [1.54, 1.807) is 12.1 Å². The van der Waals surface area contributed by atoms with E-state index < -0.39 is 0 Å². The Balaban J connectivity index is 1.70. The van der Waals surface area contributed by atoms with Crippen molar-refractivity contribution in [1.29, 1.82) is 0 Å². The fraction of sp³-hybridized carbons (Fsp3) is 0.400. The van der Waals surface area contributed by atoms with Crippen molar-refractivity contribution in [1.82, 2.24) is 14.7 Å². The second-order valence-electron chi connectivity index (χ2n) is 5.08. The van der Waals surface area contributed by atoms with E-state index in [0.29, 0.717) is 0 Å². The van der Waals surface area contributed by atoms with Gasteiger partial charge in [-0.3, -0.25) is 9.58 Å². The average Bonchev–Trinajstić information content (AvgIpc) is 2.86. The molecule has 1 aliphatic rings. The molecule has 1 aromatic heterocycles. The zero-order valence-electron chi connectivity index (χ0n) is 11.1. The van der Waals surface area contributed by atoms with Gasteiger partial charge in [-0.2, -0.15) is 5.10 Å². The van der Waals surface area contributed by atoms with Crippen molar-refractivity contribution in [3.63, 3.8) is 0 Å². The van der Waals surface area contributed by atoms with Crippen LogP contribution in [0.15, 0.2) is 30.6 Å². The number of aromatic nitrogens is 2. The van der Waals surface area contributed by atoms with Gasteiger partial charge in [-0.1, -0.05) is 6.07 Å². The Hall–Kier alpha value is -1.68. The predicted octanol–water partition coefficient (Wildman–Crippen LogP) is 2.60. The van der Waals surface area contributed by atoms with Crippen molar-refractivity contribution in [2.24, 2.45) is 0 Å². The minimum Gasteiger partial charge on any atom is -0.294 e. The fourth-order valence-electron chi connectivity index (χ4n) is 2.63. The Morgan fingerprint density at radius 3 is 3.00 bits per heavy atom. The van der Waals surface area contributed by atoms with Gasteiger partial charge in [-0.15, -0.1) is 0 Å². The first-order valence-corrected chi connectivity index (χ1v) is 6.75. The summed E-state index contributed by atoms with van der Waals surface area (Å²) in [6, 6.07) is 5.13. The van der Waals surface area contributed by atoms with Crippen molar-refractivity contribution >= 4 is 0 Å². The fourth-order valence-corrected chi connectivity index (χ4v) is 2.63. The van der Waals surface area contributed by atoms with Crippen molar-refractivity contribution < 1.29 is 4.39 Å².